The molecule has 0 atom stereocenters. The number of carbonyl (C=O) groups is 1. The topological polar surface area (TPSA) is 30.0 Å². The van der Waals surface area contributed by atoms with Gasteiger partial charge in [0.1, 0.15) is 0 Å². The van der Waals surface area contributed by atoms with E-state index in [1.807, 2.05) is 24.3 Å². The van der Waals surface area contributed by atoms with E-state index in [0.717, 1.165) is 14.6 Å². The summed E-state index contributed by atoms with van der Waals surface area (Å²) in [6.45, 7) is 1.55. The van der Waals surface area contributed by atoms with Crippen molar-refractivity contribution in [2.45, 2.75) is 11.3 Å². The highest BCUT2D eigenvalue weighted by atomic mass is 32.2. The molecule has 0 saturated carbocycles. The Morgan fingerprint density at radius 3 is 2.92 bits per heavy atom. The number of hydrogen-bond acceptors (Lipinski definition) is 4. The molecule has 0 fully saturated rings. The molecule has 0 aliphatic carbocycles. The fourth-order valence-electron chi connectivity index (χ4n) is 1.02. The Morgan fingerprint density at radius 1 is 1.46 bits per heavy atom. The number of nitrogens with zero attached hydrogens (tertiary/aromatic N) is 1. The zero-order valence-electron chi connectivity index (χ0n) is 6.98. The van der Waals surface area contributed by atoms with Crippen molar-refractivity contribution in [3.05, 3.63) is 24.3 Å². The van der Waals surface area contributed by atoms with E-state index in [4.69, 9.17) is 0 Å². The monoisotopic (exact) mass is 209 g/mol. The SMILES string of the molecule is CC(=O)Sc1nc2ccccc2s1. The Labute approximate surface area is 84.0 Å². The minimum Gasteiger partial charge on any atom is -0.287 e. The van der Waals surface area contributed by atoms with E-state index in [-0.39, 0.29) is 5.12 Å². The number of rotatable bonds is 1. The number of aromatic nitrogens is 1. The molecule has 0 unspecified atom stereocenters. The van der Waals surface area contributed by atoms with Gasteiger partial charge in [0, 0.05) is 6.92 Å². The second-order valence-corrected chi connectivity index (χ2v) is 5.00. The van der Waals surface area contributed by atoms with Gasteiger partial charge in [0.25, 0.3) is 0 Å². The molecule has 0 bridgehead atoms. The van der Waals surface area contributed by atoms with Gasteiger partial charge in [-0.3, -0.25) is 4.79 Å². The average Bonchev–Trinajstić information content (AvgIpc) is 2.44. The number of thiazole rings is 1. The van der Waals surface area contributed by atoms with E-state index in [0.29, 0.717) is 0 Å². The van der Waals surface area contributed by atoms with Gasteiger partial charge in [-0.05, 0) is 23.9 Å². The van der Waals surface area contributed by atoms with Crippen molar-refractivity contribution in [3.8, 4) is 0 Å². The molecule has 1 heterocycles. The third-order valence-electron chi connectivity index (χ3n) is 1.51. The van der Waals surface area contributed by atoms with Crippen LogP contribution >= 0.6 is 23.1 Å². The molecule has 4 heteroatoms. The molecule has 2 nitrogen and oxygen atoms in total. The molecule has 66 valence electrons. The fourth-order valence-corrected chi connectivity index (χ4v) is 2.89. The van der Waals surface area contributed by atoms with Gasteiger partial charge in [0.15, 0.2) is 9.45 Å². The Balaban J connectivity index is 2.44. The van der Waals surface area contributed by atoms with Gasteiger partial charge in [-0.2, -0.15) is 0 Å². The highest BCUT2D eigenvalue weighted by Crippen LogP contribution is 2.29. The lowest BCUT2D eigenvalue weighted by Gasteiger charge is -1.84. The quantitative estimate of drug-likeness (QED) is 0.676. The van der Waals surface area contributed by atoms with Crippen molar-refractivity contribution < 1.29 is 4.79 Å². The van der Waals surface area contributed by atoms with Gasteiger partial charge >= 0.3 is 0 Å². The molecule has 0 aliphatic heterocycles. The summed E-state index contributed by atoms with van der Waals surface area (Å²) in [4.78, 5) is 15.1. The maximum Gasteiger partial charge on any atom is 0.192 e. The summed E-state index contributed by atoms with van der Waals surface area (Å²) in [6, 6.07) is 7.89. The zero-order valence-corrected chi connectivity index (χ0v) is 8.61. The van der Waals surface area contributed by atoms with E-state index in [1.165, 1.54) is 11.8 Å². The van der Waals surface area contributed by atoms with Crippen molar-refractivity contribution in [3.63, 3.8) is 0 Å². The first-order chi connectivity index (χ1) is 6.25. The molecule has 1 aromatic heterocycles. The lowest BCUT2D eigenvalue weighted by Crippen LogP contribution is -1.78. The Bertz CT molecular complexity index is 417. The second-order valence-electron chi connectivity index (χ2n) is 2.54. The van der Waals surface area contributed by atoms with E-state index < -0.39 is 0 Å². The smallest absolute Gasteiger partial charge is 0.192 e. The number of para-hydroxylation sites is 1. The number of thioether (sulfide) groups is 1. The van der Waals surface area contributed by atoms with Crippen molar-refractivity contribution >= 4 is 38.4 Å². The highest BCUT2D eigenvalue weighted by molar-refractivity contribution is 8.14. The minimum atomic E-state index is 0.0825. The van der Waals surface area contributed by atoms with E-state index >= 15 is 0 Å². The van der Waals surface area contributed by atoms with Crippen LogP contribution in [-0.4, -0.2) is 10.1 Å². The summed E-state index contributed by atoms with van der Waals surface area (Å²) >= 11 is 2.75. The number of hydrogen-bond donors (Lipinski definition) is 0. The molecule has 0 saturated heterocycles. The van der Waals surface area contributed by atoms with E-state index in [1.54, 1.807) is 18.3 Å². The molecule has 0 radical (unpaired) electrons. The van der Waals surface area contributed by atoms with Crippen LogP contribution in [0.15, 0.2) is 28.6 Å². The summed E-state index contributed by atoms with van der Waals surface area (Å²) in [6.07, 6.45) is 0. The largest absolute Gasteiger partial charge is 0.287 e. The Hall–Kier alpha value is -0.870. The van der Waals surface area contributed by atoms with Gasteiger partial charge in [-0.15, -0.1) is 11.3 Å². The Kier molecular flexibility index (Phi) is 2.33. The molecular formula is C9H7NOS2. The first kappa shape index (κ1) is 8.72. The third-order valence-corrected chi connectivity index (χ3v) is 3.39. The maximum absolute atomic E-state index is 10.8. The van der Waals surface area contributed by atoms with Crippen LogP contribution in [0.5, 0.6) is 0 Å². The zero-order chi connectivity index (χ0) is 9.26. The number of fused-ring (bicyclic) bond motifs is 1. The van der Waals surface area contributed by atoms with Crippen LogP contribution in [0.2, 0.25) is 0 Å². The molecule has 2 aromatic rings. The molecule has 0 spiro atoms. The lowest BCUT2D eigenvalue weighted by molar-refractivity contribution is -0.109. The van der Waals surface area contributed by atoms with Crippen molar-refractivity contribution in [1.82, 2.24) is 4.98 Å². The standard InChI is InChI=1S/C9H7NOS2/c1-6(11)12-9-10-7-4-2-3-5-8(7)13-9/h2-5H,1H3. The van der Waals surface area contributed by atoms with E-state index in [2.05, 4.69) is 4.98 Å². The molecule has 0 aliphatic rings. The summed E-state index contributed by atoms with van der Waals surface area (Å²) in [5.41, 5.74) is 0.969. The molecule has 1 aromatic carbocycles. The molecule has 2 rings (SSSR count). The van der Waals surface area contributed by atoms with Gasteiger partial charge in [0.05, 0.1) is 10.2 Å². The summed E-state index contributed by atoms with van der Waals surface area (Å²) < 4.78 is 1.96. The van der Waals surface area contributed by atoms with Crippen LogP contribution < -0.4 is 0 Å². The van der Waals surface area contributed by atoms with Gasteiger partial charge in [-0.1, -0.05) is 12.1 Å². The number of benzene rings is 1. The van der Waals surface area contributed by atoms with Gasteiger partial charge in [0.2, 0.25) is 0 Å². The molecular weight excluding hydrogens is 202 g/mol. The van der Waals surface area contributed by atoms with E-state index in [9.17, 15) is 4.79 Å². The lowest BCUT2D eigenvalue weighted by atomic mass is 10.3. The predicted octanol–water partition coefficient (Wildman–Crippen LogP) is 2.93. The predicted molar refractivity (Wildman–Crippen MR) is 56.2 cm³/mol. The molecule has 13 heavy (non-hydrogen) atoms. The Morgan fingerprint density at radius 2 is 2.23 bits per heavy atom. The van der Waals surface area contributed by atoms with Crippen LogP contribution in [0.3, 0.4) is 0 Å². The second kappa shape index (κ2) is 3.47. The fraction of sp³-hybridized carbons (Fsp3) is 0.111. The van der Waals surface area contributed by atoms with Crippen LogP contribution in [0.4, 0.5) is 0 Å². The summed E-state index contributed by atoms with van der Waals surface area (Å²) in [5.74, 6) is 0. The first-order valence-corrected chi connectivity index (χ1v) is 5.43. The van der Waals surface area contributed by atoms with Crippen LogP contribution in [0.1, 0.15) is 6.92 Å². The van der Waals surface area contributed by atoms with Crippen LogP contribution in [-0.2, 0) is 4.79 Å². The molecule has 0 amide bonds. The van der Waals surface area contributed by atoms with Crippen molar-refractivity contribution in [2.75, 3.05) is 0 Å². The first-order valence-electron chi connectivity index (χ1n) is 3.80. The average molecular weight is 209 g/mol. The van der Waals surface area contributed by atoms with Gasteiger partial charge in [-0.25, -0.2) is 4.98 Å². The van der Waals surface area contributed by atoms with Gasteiger partial charge < -0.3 is 0 Å². The molecule has 0 N–H and O–H groups in total. The summed E-state index contributed by atoms with van der Waals surface area (Å²) in [7, 11) is 0. The van der Waals surface area contributed by atoms with Crippen molar-refractivity contribution in [2.24, 2.45) is 0 Å². The number of carbonyl (C=O) groups excluding carboxylic acids is 1. The maximum atomic E-state index is 10.8. The van der Waals surface area contributed by atoms with Crippen LogP contribution in [0, 0.1) is 0 Å². The van der Waals surface area contributed by atoms with Crippen LogP contribution in [0.25, 0.3) is 10.2 Å². The van der Waals surface area contributed by atoms with Crippen molar-refractivity contribution in [1.29, 1.82) is 0 Å². The third kappa shape index (κ3) is 1.89. The normalized spacial score (nSPS) is 10.5. The minimum absolute atomic E-state index is 0.0825. The highest BCUT2D eigenvalue weighted by Gasteiger charge is 2.05. The summed E-state index contributed by atoms with van der Waals surface area (Å²) in [5, 5.41) is 0.0825.